The van der Waals surface area contributed by atoms with Gasteiger partial charge in [-0.25, -0.2) is 4.79 Å². The quantitative estimate of drug-likeness (QED) is 0.775. The molecule has 1 rings (SSSR count). The highest BCUT2D eigenvalue weighted by Gasteiger charge is 2.02. The van der Waals surface area contributed by atoms with E-state index in [0.717, 1.165) is 18.5 Å². The summed E-state index contributed by atoms with van der Waals surface area (Å²) in [6.07, 6.45) is 0.860. The van der Waals surface area contributed by atoms with E-state index in [2.05, 4.69) is 19.2 Å². The molecule has 15 heavy (non-hydrogen) atoms. The largest absolute Gasteiger partial charge is 0.478 e. The third kappa shape index (κ3) is 4.13. The lowest BCUT2D eigenvalue weighted by Gasteiger charge is -2.07. The topological polar surface area (TPSA) is 49.3 Å². The number of nitrogens with one attached hydrogen (secondary N) is 1. The summed E-state index contributed by atoms with van der Waals surface area (Å²) in [5.74, 6) is -0.867. The van der Waals surface area contributed by atoms with Gasteiger partial charge in [-0.3, -0.25) is 0 Å². The van der Waals surface area contributed by atoms with Gasteiger partial charge in [0.25, 0.3) is 0 Å². The van der Waals surface area contributed by atoms with Crippen LogP contribution in [0, 0.1) is 0 Å². The maximum Gasteiger partial charge on any atom is 0.335 e. The number of benzene rings is 1. The molecule has 0 spiro atoms. The second kappa shape index (κ2) is 5.51. The van der Waals surface area contributed by atoms with Crippen molar-refractivity contribution < 1.29 is 9.90 Å². The van der Waals surface area contributed by atoms with Crippen LogP contribution >= 0.6 is 0 Å². The molecule has 0 saturated heterocycles. The van der Waals surface area contributed by atoms with Crippen LogP contribution in [0.3, 0.4) is 0 Å². The van der Waals surface area contributed by atoms with Crippen molar-refractivity contribution in [2.75, 3.05) is 6.54 Å². The Morgan fingerprint density at radius 3 is 2.80 bits per heavy atom. The maximum atomic E-state index is 10.7. The standard InChI is InChI=1S/C12H17NO2/c1-9(2)13-7-6-10-4-3-5-11(8-10)12(14)15/h3-5,8-9,13H,6-7H2,1-2H3,(H,14,15). The molecule has 0 unspecified atom stereocenters. The third-order valence-electron chi connectivity index (χ3n) is 2.14. The predicted octanol–water partition coefficient (Wildman–Crippen LogP) is 1.93. The Labute approximate surface area is 90.1 Å². The first-order valence-electron chi connectivity index (χ1n) is 5.15. The summed E-state index contributed by atoms with van der Waals surface area (Å²) in [5, 5.41) is 12.1. The van der Waals surface area contributed by atoms with Crippen LogP contribution in [0.1, 0.15) is 29.8 Å². The Bertz CT molecular complexity index is 334. The summed E-state index contributed by atoms with van der Waals surface area (Å²) in [6.45, 7) is 5.06. The van der Waals surface area contributed by atoms with Gasteiger partial charge in [-0.15, -0.1) is 0 Å². The number of aromatic carboxylic acids is 1. The Morgan fingerprint density at radius 2 is 2.20 bits per heavy atom. The van der Waals surface area contributed by atoms with Crippen LogP contribution in [0.15, 0.2) is 24.3 Å². The number of carboxylic acid groups (broad SMARTS) is 1. The second-order valence-corrected chi connectivity index (χ2v) is 3.86. The van der Waals surface area contributed by atoms with Gasteiger partial charge in [0, 0.05) is 6.04 Å². The van der Waals surface area contributed by atoms with Crippen molar-refractivity contribution in [2.45, 2.75) is 26.3 Å². The number of carboxylic acids is 1. The van der Waals surface area contributed by atoms with Gasteiger partial charge in [-0.2, -0.15) is 0 Å². The number of carbonyl (C=O) groups is 1. The molecule has 0 fully saturated rings. The highest BCUT2D eigenvalue weighted by molar-refractivity contribution is 5.87. The van der Waals surface area contributed by atoms with Gasteiger partial charge >= 0.3 is 5.97 Å². The highest BCUT2D eigenvalue weighted by Crippen LogP contribution is 2.05. The molecule has 0 aliphatic rings. The number of hydrogen-bond donors (Lipinski definition) is 2. The van der Waals surface area contributed by atoms with Crippen molar-refractivity contribution in [3.8, 4) is 0 Å². The minimum atomic E-state index is -0.867. The molecule has 82 valence electrons. The SMILES string of the molecule is CC(C)NCCc1cccc(C(=O)O)c1. The molecule has 3 heteroatoms. The van der Waals surface area contributed by atoms with Gasteiger partial charge in [0.1, 0.15) is 0 Å². The van der Waals surface area contributed by atoms with Crippen LogP contribution in [-0.4, -0.2) is 23.7 Å². The molecule has 0 amide bonds. The first kappa shape index (κ1) is 11.7. The fourth-order valence-corrected chi connectivity index (χ4v) is 1.37. The van der Waals surface area contributed by atoms with Crippen LogP contribution in [0.4, 0.5) is 0 Å². The van der Waals surface area contributed by atoms with Crippen LogP contribution in [-0.2, 0) is 6.42 Å². The van der Waals surface area contributed by atoms with Gasteiger partial charge in [0.2, 0.25) is 0 Å². The van der Waals surface area contributed by atoms with E-state index in [-0.39, 0.29) is 0 Å². The summed E-state index contributed by atoms with van der Waals surface area (Å²) < 4.78 is 0. The summed E-state index contributed by atoms with van der Waals surface area (Å²) in [6, 6.07) is 7.54. The first-order chi connectivity index (χ1) is 7.09. The molecule has 0 bridgehead atoms. The zero-order chi connectivity index (χ0) is 11.3. The van der Waals surface area contributed by atoms with Gasteiger partial charge in [-0.05, 0) is 30.7 Å². The van der Waals surface area contributed by atoms with Crippen molar-refractivity contribution in [1.29, 1.82) is 0 Å². The monoisotopic (exact) mass is 207 g/mol. The highest BCUT2D eigenvalue weighted by atomic mass is 16.4. The predicted molar refractivity (Wildman–Crippen MR) is 60.2 cm³/mol. The van der Waals surface area contributed by atoms with Crippen molar-refractivity contribution in [2.24, 2.45) is 0 Å². The summed E-state index contributed by atoms with van der Waals surface area (Å²) in [4.78, 5) is 10.7. The third-order valence-corrected chi connectivity index (χ3v) is 2.14. The fourth-order valence-electron chi connectivity index (χ4n) is 1.37. The van der Waals surface area contributed by atoms with Crippen molar-refractivity contribution >= 4 is 5.97 Å². The van der Waals surface area contributed by atoms with Crippen LogP contribution in [0.25, 0.3) is 0 Å². The Balaban J connectivity index is 2.54. The Morgan fingerprint density at radius 1 is 1.47 bits per heavy atom. The van der Waals surface area contributed by atoms with E-state index in [1.165, 1.54) is 0 Å². The lowest BCUT2D eigenvalue weighted by molar-refractivity contribution is 0.0697. The van der Waals surface area contributed by atoms with E-state index in [1.54, 1.807) is 18.2 Å². The van der Waals surface area contributed by atoms with Crippen molar-refractivity contribution in [1.82, 2.24) is 5.32 Å². The zero-order valence-electron chi connectivity index (χ0n) is 9.16. The zero-order valence-corrected chi connectivity index (χ0v) is 9.16. The molecule has 1 aromatic rings. The first-order valence-corrected chi connectivity index (χ1v) is 5.15. The summed E-state index contributed by atoms with van der Waals surface area (Å²) >= 11 is 0. The van der Waals surface area contributed by atoms with E-state index in [4.69, 9.17) is 5.11 Å². The van der Waals surface area contributed by atoms with Gasteiger partial charge < -0.3 is 10.4 Å². The molecule has 3 nitrogen and oxygen atoms in total. The smallest absolute Gasteiger partial charge is 0.335 e. The fraction of sp³-hybridized carbons (Fsp3) is 0.417. The van der Waals surface area contributed by atoms with Crippen LogP contribution in [0.5, 0.6) is 0 Å². The molecular weight excluding hydrogens is 190 g/mol. The molecule has 0 aliphatic heterocycles. The van der Waals surface area contributed by atoms with Gasteiger partial charge in [-0.1, -0.05) is 26.0 Å². The molecule has 0 aliphatic carbocycles. The Kier molecular flexibility index (Phi) is 4.31. The van der Waals surface area contributed by atoms with E-state index in [1.807, 2.05) is 6.07 Å². The molecule has 2 N–H and O–H groups in total. The van der Waals surface area contributed by atoms with E-state index < -0.39 is 5.97 Å². The van der Waals surface area contributed by atoms with E-state index in [9.17, 15) is 4.79 Å². The minimum absolute atomic E-state index is 0.358. The molecular formula is C12H17NO2. The lowest BCUT2D eigenvalue weighted by Crippen LogP contribution is -2.24. The van der Waals surface area contributed by atoms with Crippen molar-refractivity contribution in [3.63, 3.8) is 0 Å². The summed E-state index contributed by atoms with van der Waals surface area (Å²) in [7, 11) is 0. The van der Waals surface area contributed by atoms with Crippen molar-refractivity contribution in [3.05, 3.63) is 35.4 Å². The van der Waals surface area contributed by atoms with Crippen LogP contribution in [0.2, 0.25) is 0 Å². The number of rotatable bonds is 5. The normalized spacial score (nSPS) is 10.6. The molecule has 0 atom stereocenters. The number of hydrogen-bond acceptors (Lipinski definition) is 2. The van der Waals surface area contributed by atoms with E-state index >= 15 is 0 Å². The summed E-state index contributed by atoms with van der Waals surface area (Å²) in [5.41, 5.74) is 1.42. The van der Waals surface area contributed by atoms with Gasteiger partial charge in [0.15, 0.2) is 0 Å². The van der Waals surface area contributed by atoms with E-state index in [0.29, 0.717) is 11.6 Å². The average Bonchev–Trinajstić information content (AvgIpc) is 2.17. The minimum Gasteiger partial charge on any atom is -0.478 e. The molecule has 1 aromatic carbocycles. The molecule has 0 aromatic heterocycles. The maximum absolute atomic E-state index is 10.7. The molecule has 0 heterocycles. The molecule has 0 saturated carbocycles. The average molecular weight is 207 g/mol. The second-order valence-electron chi connectivity index (χ2n) is 3.86. The van der Waals surface area contributed by atoms with Crippen LogP contribution < -0.4 is 5.32 Å². The lowest BCUT2D eigenvalue weighted by atomic mass is 10.1. The Hall–Kier alpha value is -1.35. The molecule has 0 radical (unpaired) electrons. The van der Waals surface area contributed by atoms with Gasteiger partial charge in [0.05, 0.1) is 5.56 Å².